The molecule has 14 heavy (non-hydrogen) atoms. The number of rotatable bonds is 4. The van der Waals surface area contributed by atoms with Crippen LogP contribution in [-0.4, -0.2) is 30.6 Å². The lowest BCUT2D eigenvalue weighted by Crippen LogP contribution is -2.31. The van der Waals surface area contributed by atoms with E-state index in [1.54, 1.807) is 11.3 Å². The minimum absolute atomic E-state index is 0.721. The van der Waals surface area contributed by atoms with E-state index in [4.69, 9.17) is 0 Å². The minimum Gasteiger partial charge on any atom is -0.313 e. The van der Waals surface area contributed by atoms with Crippen LogP contribution < -0.4 is 5.32 Å². The van der Waals surface area contributed by atoms with Crippen LogP contribution in [0.15, 0.2) is 16.8 Å². The van der Waals surface area contributed by atoms with E-state index in [-0.39, 0.29) is 0 Å². The van der Waals surface area contributed by atoms with Crippen LogP contribution in [0.1, 0.15) is 18.9 Å². The maximum atomic E-state index is 3.51. The molecule has 0 bridgehead atoms. The van der Waals surface area contributed by atoms with Gasteiger partial charge in [0, 0.05) is 25.7 Å². The molecule has 0 aliphatic carbocycles. The summed E-state index contributed by atoms with van der Waals surface area (Å²) in [6.07, 6.45) is 1.30. The highest BCUT2D eigenvalue weighted by Crippen LogP contribution is 2.15. The standard InChI is InChI=1S/C11H18N2S/c1-2-12-11-3-5-13(8-11)7-10-4-6-14-9-10/h4,6,9,11-12H,2-3,5,7-8H2,1H3. The van der Waals surface area contributed by atoms with Crippen LogP contribution in [0.2, 0.25) is 0 Å². The van der Waals surface area contributed by atoms with Gasteiger partial charge in [-0.05, 0) is 35.4 Å². The van der Waals surface area contributed by atoms with Crippen molar-refractivity contribution < 1.29 is 0 Å². The number of likely N-dealkylation sites (tertiary alicyclic amines) is 1. The Bertz CT molecular complexity index is 258. The van der Waals surface area contributed by atoms with Gasteiger partial charge >= 0.3 is 0 Å². The molecular formula is C11H18N2S. The van der Waals surface area contributed by atoms with E-state index in [2.05, 4.69) is 34.0 Å². The van der Waals surface area contributed by atoms with E-state index in [0.29, 0.717) is 0 Å². The topological polar surface area (TPSA) is 15.3 Å². The van der Waals surface area contributed by atoms with Crippen molar-refractivity contribution in [3.63, 3.8) is 0 Å². The van der Waals surface area contributed by atoms with Crippen LogP contribution >= 0.6 is 11.3 Å². The molecule has 1 unspecified atom stereocenters. The van der Waals surface area contributed by atoms with Crippen molar-refractivity contribution in [1.82, 2.24) is 10.2 Å². The Hall–Kier alpha value is -0.380. The van der Waals surface area contributed by atoms with Crippen LogP contribution in [0.3, 0.4) is 0 Å². The van der Waals surface area contributed by atoms with E-state index in [1.807, 2.05) is 0 Å². The molecule has 0 aromatic carbocycles. The molecule has 1 saturated heterocycles. The van der Waals surface area contributed by atoms with Gasteiger partial charge in [0.05, 0.1) is 0 Å². The van der Waals surface area contributed by atoms with Crippen LogP contribution in [-0.2, 0) is 6.54 Å². The highest BCUT2D eigenvalue weighted by molar-refractivity contribution is 7.07. The molecule has 0 radical (unpaired) electrons. The van der Waals surface area contributed by atoms with E-state index in [9.17, 15) is 0 Å². The van der Waals surface area contributed by atoms with Gasteiger partial charge in [-0.3, -0.25) is 4.90 Å². The lowest BCUT2D eigenvalue weighted by Gasteiger charge is -2.15. The van der Waals surface area contributed by atoms with Gasteiger partial charge in [0.2, 0.25) is 0 Å². The fraction of sp³-hybridized carbons (Fsp3) is 0.636. The summed E-state index contributed by atoms with van der Waals surface area (Å²) < 4.78 is 0. The Morgan fingerprint density at radius 1 is 1.64 bits per heavy atom. The maximum Gasteiger partial charge on any atom is 0.0242 e. The van der Waals surface area contributed by atoms with E-state index in [1.165, 1.54) is 25.1 Å². The third-order valence-electron chi connectivity index (χ3n) is 2.75. The summed E-state index contributed by atoms with van der Waals surface area (Å²) >= 11 is 1.79. The predicted octanol–water partition coefficient (Wildman–Crippen LogP) is 1.93. The van der Waals surface area contributed by atoms with E-state index < -0.39 is 0 Å². The number of nitrogens with zero attached hydrogens (tertiary/aromatic N) is 1. The zero-order valence-corrected chi connectivity index (χ0v) is 9.52. The monoisotopic (exact) mass is 210 g/mol. The largest absolute Gasteiger partial charge is 0.313 e. The number of nitrogens with one attached hydrogen (secondary N) is 1. The van der Waals surface area contributed by atoms with E-state index >= 15 is 0 Å². The zero-order chi connectivity index (χ0) is 9.80. The highest BCUT2D eigenvalue weighted by atomic mass is 32.1. The molecule has 0 amide bonds. The fourth-order valence-electron chi connectivity index (χ4n) is 2.07. The van der Waals surface area contributed by atoms with Gasteiger partial charge in [-0.2, -0.15) is 11.3 Å². The predicted molar refractivity (Wildman–Crippen MR) is 61.7 cm³/mol. The first-order chi connectivity index (χ1) is 6.88. The second-order valence-electron chi connectivity index (χ2n) is 3.91. The van der Waals surface area contributed by atoms with Crippen molar-refractivity contribution >= 4 is 11.3 Å². The van der Waals surface area contributed by atoms with Crippen molar-refractivity contribution in [2.45, 2.75) is 25.9 Å². The van der Waals surface area contributed by atoms with Gasteiger partial charge < -0.3 is 5.32 Å². The SMILES string of the molecule is CCNC1CCN(Cc2ccsc2)C1. The molecule has 1 atom stereocenters. The molecule has 2 rings (SSSR count). The lowest BCUT2D eigenvalue weighted by molar-refractivity contribution is 0.321. The number of thiophene rings is 1. The summed E-state index contributed by atoms with van der Waals surface area (Å²) in [4.78, 5) is 2.54. The fourth-order valence-corrected chi connectivity index (χ4v) is 2.73. The smallest absolute Gasteiger partial charge is 0.0242 e. The first-order valence-electron chi connectivity index (χ1n) is 5.35. The molecule has 1 aromatic rings. The molecule has 78 valence electrons. The Kier molecular flexibility index (Phi) is 3.56. The summed E-state index contributed by atoms with van der Waals surface area (Å²) in [7, 11) is 0. The third kappa shape index (κ3) is 2.56. The number of hydrogen-bond donors (Lipinski definition) is 1. The van der Waals surface area contributed by atoms with Gasteiger partial charge in [-0.15, -0.1) is 0 Å². The molecule has 1 aliphatic heterocycles. The van der Waals surface area contributed by atoms with Crippen molar-refractivity contribution in [3.05, 3.63) is 22.4 Å². The molecule has 2 heterocycles. The molecular weight excluding hydrogens is 192 g/mol. The Morgan fingerprint density at radius 2 is 2.57 bits per heavy atom. The zero-order valence-electron chi connectivity index (χ0n) is 8.70. The Balaban J connectivity index is 1.79. The van der Waals surface area contributed by atoms with Crippen LogP contribution in [0.25, 0.3) is 0 Å². The first-order valence-corrected chi connectivity index (χ1v) is 6.29. The Labute approximate surface area is 89.9 Å². The quantitative estimate of drug-likeness (QED) is 0.817. The van der Waals surface area contributed by atoms with Gasteiger partial charge in [-0.25, -0.2) is 0 Å². The average Bonchev–Trinajstić information content (AvgIpc) is 2.79. The van der Waals surface area contributed by atoms with Crippen molar-refractivity contribution in [1.29, 1.82) is 0 Å². The summed E-state index contributed by atoms with van der Waals surface area (Å²) in [6, 6.07) is 2.95. The van der Waals surface area contributed by atoms with Gasteiger partial charge in [0.15, 0.2) is 0 Å². The molecule has 3 heteroatoms. The number of likely N-dealkylation sites (N-methyl/N-ethyl adjacent to an activating group) is 1. The molecule has 1 N–H and O–H groups in total. The second kappa shape index (κ2) is 4.91. The highest BCUT2D eigenvalue weighted by Gasteiger charge is 2.21. The summed E-state index contributed by atoms with van der Waals surface area (Å²) in [5.74, 6) is 0. The van der Waals surface area contributed by atoms with Crippen molar-refractivity contribution in [2.24, 2.45) is 0 Å². The van der Waals surface area contributed by atoms with Crippen LogP contribution in [0.5, 0.6) is 0 Å². The molecule has 0 spiro atoms. The third-order valence-corrected chi connectivity index (χ3v) is 3.48. The minimum atomic E-state index is 0.721. The average molecular weight is 210 g/mol. The van der Waals surface area contributed by atoms with Crippen LogP contribution in [0, 0.1) is 0 Å². The second-order valence-corrected chi connectivity index (χ2v) is 4.69. The Morgan fingerprint density at radius 3 is 3.29 bits per heavy atom. The molecule has 1 aliphatic rings. The van der Waals surface area contributed by atoms with Gasteiger partial charge in [0.1, 0.15) is 0 Å². The summed E-state index contributed by atoms with van der Waals surface area (Å²) in [5.41, 5.74) is 1.46. The molecule has 2 nitrogen and oxygen atoms in total. The number of hydrogen-bond acceptors (Lipinski definition) is 3. The lowest BCUT2D eigenvalue weighted by atomic mass is 10.3. The summed E-state index contributed by atoms with van der Waals surface area (Å²) in [6.45, 7) is 6.86. The maximum absolute atomic E-state index is 3.51. The van der Waals surface area contributed by atoms with Crippen molar-refractivity contribution in [2.75, 3.05) is 19.6 Å². The molecule has 1 fully saturated rings. The summed E-state index contributed by atoms with van der Waals surface area (Å²) in [5, 5.41) is 7.93. The van der Waals surface area contributed by atoms with Gasteiger partial charge in [0.25, 0.3) is 0 Å². The van der Waals surface area contributed by atoms with Crippen LogP contribution in [0.4, 0.5) is 0 Å². The first kappa shape index (κ1) is 10.1. The normalized spacial score (nSPS) is 23.1. The van der Waals surface area contributed by atoms with E-state index in [0.717, 1.165) is 19.1 Å². The van der Waals surface area contributed by atoms with Crippen molar-refractivity contribution in [3.8, 4) is 0 Å². The molecule has 1 aromatic heterocycles. The molecule has 0 saturated carbocycles. The van der Waals surface area contributed by atoms with Gasteiger partial charge in [-0.1, -0.05) is 6.92 Å².